The summed E-state index contributed by atoms with van der Waals surface area (Å²) in [6.07, 6.45) is 0.657. The van der Waals surface area contributed by atoms with E-state index in [-0.39, 0.29) is 24.3 Å². The van der Waals surface area contributed by atoms with Crippen LogP contribution in [0.1, 0.15) is 41.1 Å². The summed E-state index contributed by atoms with van der Waals surface area (Å²) in [5, 5.41) is 9.52. The molecule has 200 valence electrons. The van der Waals surface area contributed by atoms with Gasteiger partial charge in [0.2, 0.25) is 5.91 Å². The lowest BCUT2D eigenvalue weighted by Crippen LogP contribution is -2.25. The number of amidine groups is 1. The van der Waals surface area contributed by atoms with Gasteiger partial charge in [-0.2, -0.15) is 10.1 Å². The van der Waals surface area contributed by atoms with E-state index >= 15 is 0 Å². The normalized spacial score (nSPS) is 18.6. The molecular formula is C30H30N4O4S. The molecule has 0 saturated carbocycles. The Morgan fingerprint density at radius 3 is 2.21 bits per heavy atom. The van der Waals surface area contributed by atoms with E-state index in [1.807, 2.05) is 85.6 Å². The van der Waals surface area contributed by atoms with Gasteiger partial charge in [-0.15, -0.1) is 0 Å². The van der Waals surface area contributed by atoms with Crippen LogP contribution in [0.3, 0.4) is 0 Å². The van der Waals surface area contributed by atoms with Crippen LogP contribution in [0.4, 0.5) is 5.69 Å². The molecule has 1 N–H and O–H groups in total. The SMILES string of the molecule is COc1ccc(C2=NN(C3=NC(=O)[C@H](CC(=O)Nc4cc(C)cc(C)c4)S3)[C@H](c3ccc(OC)cc3)C2)cc1. The molecule has 8 nitrogen and oxygen atoms in total. The van der Waals surface area contributed by atoms with Crippen LogP contribution in [0.2, 0.25) is 0 Å². The van der Waals surface area contributed by atoms with Crippen molar-refractivity contribution in [3.63, 3.8) is 0 Å². The van der Waals surface area contributed by atoms with Crippen molar-refractivity contribution < 1.29 is 19.1 Å². The van der Waals surface area contributed by atoms with Crippen molar-refractivity contribution >= 4 is 40.1 Å². The number of carbonyl (C=O) groups excluding carboxylic acids is 2. The van der Waals surface area contributed by atoms with Crippen molar-refractivity contribution in [3.05, 3.63) is 89.0 Å². The highest BCUT2D eigenvalue weighted by Crippen LogP contribution is 2.39. The smallest absolute Gasteiger partial charge is 0.262 e. The average molecular weight is 543 g/mol. The fourth-order valence-electron chi connectivity index (χ4n) is 4.76. The topological polar surface area (TPSA) is 92.6 Å². The van der Waals surface area contributed by atoms with E-state index in [0.29, 0.717) is 11.6 Å². The second kappa shape index (κ2) is 11.3. The van der Waals surface area contributed by atoms with Crippen LogP contribution in [0.25, 0.3) is 0 Å². The summed E-state index contributed by atoms with van der Waals surface area (Å²) in [6.45, 7) is 3.96. The first-order valence-electron chi connectivity index (χ1n) is 12.7. The highest BCUT2D eigenvalue weighted by atomic mass is 32.2. The van der Waals surface area contributed by atoms with Crippen molar-refractivity contribution in [2.75, 3.05) is 19.5 Å². The molecule has 3 aromatic carbocycles. The number of rotatable bonds is 7. The Kier molecular flexibility index (Phi) is 7.70. The Balaban J connectivity index is 1.35. The number of carbonyl (C=O) groups is 2. The summed E-state index contributed by atoms with van der Waals surface area (Å²) in [6, 6.07) is 21.3. The van der Waals surface area contributed by atoms with Crippen LogP contribution in [0, 0.1) is 13.8 Å². The molecule has 2 amide bonds. The highest BCUT2D eigenvalue weighted by Gasteiger charge is 2.39. The third-order valence-corrected chi connectivity index (χ3v) is 7.78. The van der Waals surface area contributed by atoms with Crippen LogP contribution in [-0.2, 0) is 9.59 Å². The third kappa shape index (κ3) is 5.98. The quantitative estimate of drug-likeness (QED) is 0.424. The standard InChI is InChI=1S/C30H30N4O4S/c1-18-13-19(2)15-22(14-18)31-28(35)17-27-29(36)32-30(39-27)34-26(21-7-11-24(38-4)12-8-21)16-25(33-34)20-5-9-23(37-3)10-6-20/h5-15,26-27H,16-17H2,1-4H3,(H,31,35)/t26-,27-/m0/s1. The zero-order valence-electron chi connectivity index (χ0n) is 22.3. The Morgan fingerprint density at radius 1 is 0.974 bits per heavy atom. The second-order valence-electron chi connectivity index (χ2n) is 9.58. The Morgan fingerprint density at radius 2 is 1.59 bits per heavy atom. The Hall–Kier alpha value is -4.11. The van der Waals surface area contributed by atoms with Gasteiger partial charge in [-0.05, 0) is 84.6 Å². The monoisotopic (exact) mass is 542 g/mol. The highest BCUT2D eigenvalue weighted by molar-refractivity contribution is 8.15. The van der Waals surface area contributed by atoms with Gasteiger partial charge in [0.05, 0.1) is 26.0 Å². The van der Waals surface area contributed by atoms with Gasteiger partial charge in [-0.3, -0.25) is 9.59 Å². The third-order valence-electron chi connectivity index (χ3n) is 6.64. The van der Waals surface area contributed by atoms with Crippen LogP contribution in [-0.4, -0.2) is 47.2 Å². The van der Waals surface area contributed by atoms with Crippen LogP contribution >= 0.6 is 11.8 Å². The molecule has 0 unspecified atom stereocenters. The molecule has 0 bridgehead atoms. The molecule has 2 aliphatic rings. The molecule has 0 radical (unpaired) electrons. The van der Waals surface area contributed by atoms with E-state index in [1.165, 1.54) is 11.8 Å². The first kappa shape index (κ1) is 26.5. The van der Waals surface area contributed by atoms with Crippen molar-refractivity contribution in [1.29, 1.82) is 0 Å². The minimum Gasteiger partial charge on any atom is -0.497 e. The zero-order valence-corrected chi connectivity index (χ0v) is 23.1. The van der Waals surface area contributed by atoms with Crippen molar-refractivity contribution in [1.82, 2.24) is 5.01 Å². The fourth-order valence-corrected chi connectivity index (χ4v) is 5.82. The summed E-state index contributed by atoms with van der Waals surface area (Å²) in [4.78, 5) is 30.0. The largest absolute Gasteiger partial charge is 0.497 e. The molecule has 3 aromatic rings. The molecule has 2 aliphatic heterocycles. The molecule has 0 aliphatic carbocycles. The number of ether oxygens (including phenoxy) is 2. The number of nitrogens with zero attached hydrogens (tertiary/aromatic N) is 3. The average Bonchev–Trinajstić information content (AvgIpc) is 3.52. The molecule has 5 rings (SSSR count). The van der Waals surface area contributed by atoms with Gasteiger partial charge in [0, 0.05) is 18.5 Å². The number of thioether (sulfide) groups is 1. The van der Waals surface area contributed by atoms with E-state index in [2.05, 4.69) is 10.3 Å². The van der Waals surface area contributed by atoms with Crippen LogP contribution in [0.5, 0.6) is 11.5 Å². The second-order valence-corrected chi connectivity index (χ2v) is 10.8. The van der Waals surface area contributed by atoms with Gasteiger partial charge in [-0.25, -0.2) is 5.01 Å². The summed E-state index contributed by atoms with van der Waals surface area (Å²) in [5.74, 6) is 0.978. The van der Waals surface area contributed by atoms with E-state index < -0.39 is 5.25 Å². The van der Waals surface area contributed by atoms with Crippen molar-refractivity contribution in [2.45, 2.75) is 38.0 Å². The molecule has 0 fully saturated rings. The maximum absolute atomic E-state index is 12.9. The summed E-state index contributed by atoms with van der Waals surface area (Å²) >= 11 is 1.28. The first-order valence-corrected chi connectivity index (χ1v) is 13.5. The van der Waals surface area contributed by atoms with Crippen LogP contribution in [0.15, 0.2) is 76.8 Å². The number of hydrogen-bond donors (Lipinski definition) is 1. The Bertz CT molecular complexity index is 1430. The number of anilines is 1. The predicted molar refractivity (Wildman–Crippen MR) is 155 cm³/mol. The number of aryl methyl sites for hydroxylation is 2. The molecule has 0 saturated heterocycles. The molecule has 39 heavy (non-hydrogen) atoms. The fraction of sp³-hybridized carbons (Fsp3) is 0.267. The zero-order chi connectivity index (χ0) is 27.5. The number of hydrazone groups is 1. The first-order chi connectivity index (χ1) is 18.8. The van der Waals surface area contributed by atoms with Gasteiger partial charge in [-0.1, -0.05) is 30.0 Å². The molecule has 0 spiro atoms. The van der Waals surface area contributed by atoms with Gasteiger partial charge < -0.3 is 14.8 Å². The lowest BCUT2D eigenvalue weighted by molar-refractivity contribution is -0.121. The van der Waals surface area contributed by atoms with Crippen molar-refractivity contribution in [3.8, 4) is 11.5 Å². The molecule has 0 aromatic heterocycles. The molecule has 2 heterocycles. The summed E-state index contributed by atoms with van der Waals surface area (Å²) in [5.41, 5.74) is 5.72. The Labute approximate surface area is 232 Å². The molecule has 9 heteroatoms. The number of methoxy groups -OCH3 is 2. The van der Waals surface area contributed by atoms with E-state index in [9.17, 15) is 9.59 Å². The number of benzene rings is 3. The van der Waals surface area contributed by atoms with Crippen molar-refractivity contribution in [2.24, 2.45) is 10.1 Å². The maximum atomic E-state index is 12.9. The minimum absolute atomic E-state index is 0.0274. The number of amides is 2. The summed E-state index contributed by atoms with van der Waals surface area (Å²) < 4.78 is 10.6. The van der Waals surface area contributed by atoms with Crippen LogP contribution < -0.4 is 14.8 Å². The van der Waals surface area contributed by atoms with Gasteiger partial charge >= 0.3 is 0 Å². The minimum atomic E-state index is -0.609. The van der Waals surface area contributed by atoms with E-state index in [1.54, 1.807) is 14.2 Å². The van der Waals surface area contributed by atoms with Gasteiger partial charge in [0.15, 0.2) is 5.17 Å². The van der Waals surface area contributed by atoms with Gasteiger partial charge in [0.1, 0.15) is 16.7 Å². The molecular weight excluding hydrogens is 512 g/mol. The predicted octanol–water partition coefficient (Wildman–Crippen LogP) is 5.50. The number of aliphatic imine (C=N–C) groups is 1. The van der Waals surface area contributed by atoms with Gasteiger partial charge in [0.25, 0.3) is 5.91 Å². The number of hydrogen-bond acceptors (Lipinski definition) is 7. The molecule has 2 atom stereocenters. The lowest BCUT2D eigenvalue weighted by atomic mass is 9.98. The van der Waals surface area contributed by atoms with E-state index in [0.717, 1.165) is 45.2 Å². The number of nitrogens with one attached hydrogen (secondary N) is 1. The van der Waals surface area contributed by atoms with E-state index in [4.69, 9.17) is 14.6 Å². The maximum Gasteiger partial charge on any atom is 0.262 e. The lowest BCUT2D eigenvalue weighted by Gasteiger charge is -2.23. The summed E-state index contributed by atoms with van der Waals surface area (Å²) in [7, 11) is 3.27.